The van der Waals surface area contributed by atoms with E-state index in [1.807, 2.05) is 0 Å². The van der Waals surface area contributed by atoms with Crippen molar-refractivity contribution in [2.24, 2.45) is 0 Å². The lowest BCUT2D eigenvalue weighted by Crippen LogP contribution is -2.07. The van der Waals surface area contributed by atoms with Gasteiger partial charge in [0.2, 0.25) is 0 Å². The van der Waals surface area contributed by atoms with Crippen LogP contribution < -0.4 is 4.74 Å². The van der Waals surface area contributed by atoms with Gasteiger partial charge in [0.15, 0.2) is 0 Å². The van der Waals surface area contributed by atoms with Gasteiger partial charge in [-0.15, -0.1) is 0 Å². The number of benzene rings is 2. The summed E-state index contributed by atoms with van der Waals surface area (Å²) in [6, 6.07) is 7.25. The monoisotopic (exact) mass is 342 g/mol. The molecule has 0 heterocycles. The van der Waals surface area contributed by atoms with Gasteiger partial charge in [-0.05, 0) is 58.2 Å². The van der Waals surface area contributed by atoms with Crippen molar-refractivity contribution < 1.29 is 18.6 Å². The molecule has 0 aliphatic heterocycles. The van der Waals surface area contributed by atoms with E-state index in [1.54, 1.807) is 25.1 Å². The molecule has 0 spiro atoms. The first-order valence-corrected chi connectivity index (χ1v) is 6.71. The van der Waals surface area contributed by atoms with Crippen molar-refractivity contribution in [3.63, 3.8) is 0 Å². The number of aryl methyl sites for hydroxylation is 1. The van der Waals surface area contributed by atoms with E-state index in [4.69, 9.17) is 4.74 Å². The molecule has 0 radical (unpaired) electrons. The average Bonchev–Trinajstić information content (AvgIpc) is 2.43. The Labute approximate surface area is 124 Å². The highest BCUT2D eigenvalue weighted by atomic mass is 79.9. The van der Waals surface area contributed by atoms with Gasteiger partial charge in [-0.2, -0.15) is 0 Å². The molecule has 1 unspecified atom stereocenters. The van der Waals surface area contributed by atoms with Crippen molar-refractivity contribution in [2.75, 3.05) is 7.11 Å². The predicted molar refractivity (Wildman–Crippen MR) is 75.9 cm³/mol. The largest absolute Gasteiger partial charge is 0.496 e. The summed E-state index contributed by atoms with van der Waals surface area (Å²) in [5.41, 5.74) is 0.808. The molecule has 0 aromatic heterocycles. The van der Waals surface area contributed by atoms with Crippen molar-refractivity contribution in [1.82, 2.24) is 0 Å². The number of hydrogen-bond donors (Lipinski definition) is 1. The molecule has 2 nitrogen and oxygen atoms in total. The van der Waals surface area contributed by atoms with Gasteiger partial charge in [0.1, 0.15) is 23.5 Å². The van der Waals surface area contributed by atoms with E-state index in [0.29, 0.717) is 11.3 Å². The number of hydrogen-bond acceptors (Lipinski definition) is 2. The van der Waals surface area contributed by atoms with Crippen molar-refractivity contribution in [3.8, 4) is 5.75 Å². The SMILES string of the molecule is COc1ccc(C(O)c2c(F)ccc(Br)c2F)cc1C. The number of rotatable bonds is 3. The van der Waals surface area contributed by atoms with E-state index in [-0.39, 0.29) is 10.0 Å². The van der Waals surface area contributed by atoms with Gasteiger partial charge >= 0.3 is 0 Å². The lowest BCUT2D eigenvalue weighted by Gasteiger charge is -2.15. The highest BCUT2D eigenvalue weighted by Gasteiger charge is 2.22. The number of ether oxygens (including phenoxy) is 1. The predicted octanol–water partition coefficient (Wildman–Crippen LogP) is 4.13. The standard InChI is InChI=1S/C15H13BrF2O2/c1-8-7-9(3-6-12(8)20-2)15(19)13-11(17)5-4-10(16)14(13)18/h3-7,15,19H,1-2H3. The maximum atomic E-state index is 14.0. The smallest absolute Gasteiger partial charge is 0.146 e. The molecule has 0 aliphatic rings. The highest BCUT2D eigenvalue weighted by Crippen LogP contribution is 2.32. The zero-order valence-corrected chi connectivity index (χ0v) is 12.5. The Morgan fingerprint density at radius 3 is 2.50 bits per heavy atom. The number of aliphatic hydroxyl groups is 1. The maximum Gasteiger partial charge on any atom is 0.146 e. The minimum Gasteiger partial charge on any atom is -0.496 e. The van der Waals surface area contributed by atoms with Crippen LogP contribution in [0.4, 0.5) is 8.78 Å². The number of methoxy groups -OCH3 is 1. The van der Waals surface area contributed by atoms with Gasteiger partial charge in [-0.25, -0.2) is 8.78 Å². The van der Waals surface area contributed by atoms with Crippen LogP contribution in [0, 0.1) is 18.6 Å². The van der Waals surface area contributed by atoms with Crippen molar-refractivity contribution in [2.45, 2.75) is 13.0 Å². The maximum absolute atomic E-state index is 14.0. The molecule has 20 heavy (non-hydrogen) atoms. The Kier molecular flexibility index (Phi) is 4.40. The van der Waals surface area contributed by atoms with Gasteiger partial charge in [-0.3, -0.25) is 0 Å². The summed E-state index contributed by atoms with van der Waals surface area (Å²) in [6.45, 7) is 1.79. The molecule has 0 aliphatic carbocycles. The molecule has 1 N–H and O–H groups in total. The molecule has 0 bridgehead atoms. The van der Waals surface area contributed by atoms with E-state index < -0.39 is 17.7 Å². The van der Waals surface area contributed by atoms with Crippen molar-refractivity contribution >= 4 is 15.9 Å². The summed E-state index contributed by atoms with van der Waals surface area (Å²) in [5.74, 6) is -0.936. The van der Waals surface area contributed by atoms with Crippen LogP contribution in [0.3, 0.4) is 0 Å². The van der Waals surface area contributed by atoms with Gasteiger partial charge in [0, 0.05) is 0 Å². The Morgan fingerprint density at radius 2 is 1.90 bits per heavy atom. The second-order valence-corrected chi connectivity index (χ2v) is 5.24. The minimum absolute atomic E-state index is 0.109. The van der Waals surface area contributed by atoms with Crippen LogP contribution in [-0.4, -0.2) is 12.2 Å². The molecule has 2 rings (SSSR count). The van der Waals surface area contributed by atoms with Gasteiger partial charge in [0.05, 0.1) is 17.1 Å². The molecule has 2 aromatic carbocycles. The fourth-order valence-corrected chi connectivity index (χ4v) is 2.38. The number of halogens is 3. The molecule has 5 heteroatoms. The molecular formula is C15H13BrF2O2. The molecule has 106 valence electrons. The fraction of sp³-hybridized carbons (Fsp3) is 0.200. The number of aliphatic hydroxyl groups excluding tert-OH is 1. The Hall–Kier alpha value is -1.46. The quantitative estimate of drug-likeness (QED) is 0.850. The second kappa shape index (κ2) is 5.89. The highest BCUT2D eigenvalue weighted by molar-refractivity contribution is 9.10. The zero-order chi connectivity index (χ0) is 14.9. The lowest BCUT2D eigenvalue weighted by atomic mass is 9.98. The molecule has 0 saturated carbocycles. The van der Waals surface area contributed by atoms with Crippen molar-refractivity contribution in [3.05, 3.63) is 63.1 Å². The van der Waals surface area contributed by atoms with E-state index >= 15 is 0 Å². The van der Waals surface area contributed by atoms with E-state index in [2.05, 4.69) is 15.9 Å². The van der Waals surface area contributed by atoms with Crippen LogP contribution in [0.5, 0.6) is 5.75 Å². The first-order valence-electron chi connectivity index (χ1n) is 5.91. The minimum atomic E-state index is -1.38. The third-order valence-electron chi connectivity index (χ3n) is 3.09. The molecule has 0 amide bonds. The molecule has 2 aromatic rings. The van der Waals surface area contributed by atoms with E-state index in [1.165, 1.54) is 13.2 Å². The Balaban J connectivity index is 2.49. The molecular weight excluding hydrogens is 330 g/mol. The Bertz CT molecular complexity index is 644. The first kappa shape index (κ1) is 14.9. The Morgan fingerprint density at radius 1 is 1.20 bits per heavy atom. The fourth-order valence-electron chi connectivity index (χ4n) is 2.03. The van der Waals surface area contributed by atoms with Gasteiger partial charge in [-0.1, -0.05) is 6.07 Å². The van der Waals surface area contributed by atoms with E-state index in [0.717, 1.165) is 11.6 Å². The van der Waals surface area contributed by atoms with Crippen LogP contribution in [0.2, 0.25) is 0 Å². The summed E-state index contributed by atoms with van der Waals surface area (Å²) < 4.78 is 33.0. The average molecular weight is 343 g/mol. The van der Waals surface area contributed by atoms with Crippen LogP contribution in [0.1, 0.15) is 22.8 Å². The van der Waals surface area contributed by atoms with E-state index in [9.17, 15) is 13.9 Å². The van der Waals surface area contributed by atoms with Crippen LogP contribution in [-0.2, 0) is 0 Å². The molecule has 0 saturated heterocycles. The second-order valence-electron chi connectivity index (χ2n) is 4.39. The topological polar surface area (TPSA) is 29.5 Å². The van der Waals surface area contributed by atoms with Gasteiger partial charge < -0.3 is 9.84 Å². The van der Waals surface area contributed by atoms with Crippen LogP contribution in [0.25, 0.3) is 0 Å². The summed E-state index contributed by atoms with van der Waals surface area (Å²) in [5, 5.41) is 10.2. The third kappa shape index (κ3) is 2.69. The molecule has 0 fully saturated rings. The first-order chi connectivity index (χ1) is 9.45. The molecule has 1 atom stereocenters. The summed E-state index contributed by atoms with van der Waals surface area (Å²) in [6.07, 6.45) is -1.38. The normalized spacial score (nSPS) is 12.3. The summed E-state index contributed by atoms with van der Waals surface area (Å²) >= 11 is 2.99. The van der Waals surface area contributed by atoms with Crippen molar-refractivity contribution in [1.29, 1.82) is 0 Å². The summed E-state index contributed by atoms with van der Waals surface area (Å²) in [4.78, 5) is 0. The van der Waals surface area contributed by atoms with Crippen LogP contribution in [0.15, 0.2) is 34.8 Å². The zero-order valence-electron chi connectivity index (χ0n) is 11.0. The third-order valence-corrected chi connectivity index (χ3v) is 3.70. The summed E-state index contributed by atoms with van der Waals surface area (Å²) in [7, 11) is 1.53. The van der Waals surface area contributed by atoms with Gasteiger partial charge in [0.25, 0.3) is 0 Å². The van der Waals surface area contributed by atoms with Crippen LogP contribution >= 0.6 is 15.9 Å². The lowest BCUT2D eigenvalue weighted by molar-refractivity contribution is 0.208.